The number of carbonyl (C=O) groups is 2. The fourth-order valence-corrected chi connectivity index (χ4v) is 3.40. The SMILES string of the molecule is O=C(COC(=O)c1ccc(Cl)cc1Cl)Nc1cccc(-c2cnc3ccccc3n2)c1. The van der Waals surface area contributed by atoms with Crippen molar-refractivity contribution in [2.45, 2.75) is 0 Å². The van der Waals surface area contributed by atoms with Gasteiger partial charge >= 0.3 is 5.97 Å². The van der Waals surface area contributed by atoms with Crippen LogP contribution < -0.4 is 5.32 Å². The number of halogens is 2. The number of aromatic nitrogens is 2. The van der Waals surface area contributed by atoms with Crippen LogP contribution in [0, 0.1) is 0 Å². The molecule has 154 valence electrons. The van der Waals surface area contributed by atoms with Gasteiger partial charge in [-0.2, -0.15) is 0 Å². The maximum Gasteiger partial charge on any atom is 0.340 e. The van der Waals surface area contributed by atoms with Crippen LogP contribution >= 0.6 is 23.2 Å². The lowest BCUT2D eigenvalue weighted by Gasteiger charge is -2.09. The molecule has 0 saturated carbocycles. The van der Waals surface area contributed by atoms with Gasteiger partial charge in [-0.25, -0.2) is 9.78 Å². The molecule has 1 amide bonds. The van der Waals surface area contributed by atoms with Gasteiger partial charge in [-0.05, 0) is 42.5 Å². The van der Waals surface area contributed by atoms with E-state index in [1.807, 2.05) is 30.3 Å². The van der Waals surface area contributed by atoms with Gasteiger partial charge in [0.05, 0.1) is 33.5 Å². The van der Waals surface area contributed by atoms with E-state index in [4.69, 9.17) is 27.9 Å². The van der Waals surface area contributed by atoms with E-state index >= 15 is 0 Å². The third-order valence-electron chi connectivity index (χ3n) is 4.38. The minimum absolute atomic E-state index is 0.135. The molecule has 0 radical (unpaired) electrons. The molecule has 4 rings (SSSR count). The number of amides is 1. The van der Waals surface area contributed by atoms with E-state index in [0.717, 1.165) is 16.6 Å². The molecule has 0 fully saturated rings. The number of fused-ring (bicyclic) bond motifs is 1. The van der Waals surface area contributed by atoms with Gasteiger partial charge in [-0.15, -0.1) is 0 Å². The van der Waals surface area contributed by atoms with Crippen molar-refractivity contribution in [3.05, 3.63) is 88.5 Å². The molecule has 0 unspecified atom stereocenters. The number of rotatable bonds is 5. The maximum absolute atomic E-state index is 12.2. The minimum atomic E-state index is -0.711. The fourth-order valence-electron chi connectivity index (χ4n) is 2.91. The summed E-state index contributed by atoms with van der Waals surface area (Å²) in [6.45, 7) is -0.461. The average Bonchev–Trinajstić information content (AvgIpc) is 2.77. The third kappa shape index (κ3) is 4.99. The van der Waals surface area contributed by atoms with E-state index in [2.05, 4.69) is 15.3 Å². The molecule has 8 heteroatoms. The molecule has 1 N–H and O–H groups in total. The summed E-state index contributed by atoms with van der Waals surface area (Å²) < 4.78 is 5.05. The van der Waals surface area contributed by atoms with E-state index in [1.165, 1.54) is 18.2 Å². The predicted octanol–water partition coefficient (Wildman–Crippen LogP) is 5.40. The van der Waals surface area contributed by atoms with Crippen LogP contribution in [-0.2, 0) is 9.53 Å². The van der Waals surface area contributed by atoms with Crippen LogP contribution in [0.5, 0.6) is 0 Å². The smallest absolute Gasteiger partial charge is 0.340 e. The zero-order chi connectivity index (χ0) is 21.8. The number of hydrogen-bond acceptors (Lipinski definition) is 5. The molecule has 4 aromatic rings. The van der Waals surface area contributed by atoms with E-state index in [1.54, 1.807) is 24.4 Å². The summed E-state index contributed by atoms with van der Waals surface area (Å²) >= 11 is 11.8. The lowest BCUT2D eigenvalue weighted by Crippen LogP contribution is -2.21. The molecular formula is C23H15Cl2N3O3. The Bertz CT molecular complexity index is 1290. The first-order valence-electron chi connectivity index (χ1n) is 9.24. The summed E-state index contributed by atoms with van der Waals surface area (Å²) in [6, 6.07) is 19.1. The lowest BCUT2D eigenvalue weighted by atomic mass is 10.1. The van der Waals surface area contributed by atoms with Gasteiger partial charge in [0.15, 0.2) is 6.61 Å². The highest BCUT2D eigenvalue weighted by Crippen LogP contribution is 2.23. The number of benzene rings is 3. The van der Waals surface area contributed by atoms with Gasteiger partial charge in [-0.1, -0.05) is 47.5 Å². The summed E-state index contributed by atoms with van der Waals surface area (Å²) in [5.74, 6) is -1.20. The first-order chi connectivity index (χ1) is 15.0. The van der Waals surface area contributed by atoms with Crippen molar-refractivity contribution >= 4 is 51.8 Å². The van der Waals surface area contributed by atoms with Crippen molar-refractivity contribution in [3.63, 3.8) is 0 Å². The Morgan fingerprint density at radius 1 is 0.935 bits per heavy atom. The van der Waals surface area contributed by atoms with Gasteiger partial charge < -0.3 is 10.1 Å². The molecule has 0 aliphatic carbocycles. The quantitative estimate of drug-likeness (QED) is 0.410. The summed E-state index contributed by atoms with van der Waals surface area (Å²) in [7, 11) is 0. The number of para-hydroxylation sites is 2. The van der Waals surface area contributed by atoms with Crippen LogP contribution in [0.15, 0.2) is 72.9 Å². The van der Waals surface area contributed by atoms with Crippen molar-refractivity contribution in [1.29, 1.82) is 0 Å². The molecule has 1 aromatic heterocycles. The topological polar surface area (TPSA) is 81.2 Å². The van der Waals surface area contributed by atoms with E-state index in [-0.39, 0.29) is 10.6 Å². The molecule has 1 heterocycles. The highest BCUT2D eigenvalue weighted by Gasteiger charge is 2.14. The molecule has 0 saturated heterocycles. The van der Waals surface area contributed by atoms with Crippen LogP contribution in [0.1, 0.15) is 10.4 Å². The largest absolute Gasteiger partial charge is 0.452 e. The molecule has 31 heavy (non-hydrogen) atoms. The second-order valence-electron chi connectivity index (χ2n) is 6.57. The number of nitrogens with one attached hydrogen (secondary N) is 1. The number of carbonyl (C=O) groups excluding carboxylic acids is 2. The summed E-state index contributed by atoms with van der Waals surface area (Å²) in [4.78, 5) is 33.4. The normalized spacial score (nSPS) is 10.6. The molecule has 0 atom stereocenters. The number of esters is 1. The average molecular weight is 452 g/mol. The van der Waals surface area contributed by atoms with Crippen molar-refractivity contribution in [3.8, 4) is 11.3 Å². The third-order valence-corrected chi connectivity index (χ3v) is 4.92. The first-order valence-corrected chi connectivity index (χ1v) is 9.99. The zero-order valence-electron chi connectivity index (χ0n) is 16.0. The Labute approximate surface area is 187 Å². The highest BCUT2D eigenvalue weighted by molar-refractivity contribution is 6.36. The van der Waals surface area contributed by atoms with Gasteiger partial charge in [0.25, 0.3) is 5.91 Å². The fraction of sp³-hybridized carbons (Fsp3) is 0.0435. The molecule has 0 bridgehead atoms. The van der Waals surface area contributed by atoms with Crippen LogP contribution in [-0.4, -0.2) is 28.5 Å². The second-order valence-corrected chi connectivity index (χ2v) is 7.42. The Hall–Kier alpha value is -3.48. The second kappa shape index (κ2) is 9.12. The lowest BCUT2D eigenvalue weighted by molar-refractivity contribution is -0.119. The van der Waals surface area contributed by atoms with Crippen molar-refractivity contribution in [1.82, 2.24) is 9.97 Å². The Balaban J connectivity index is 1.42. The van der Waals surface area contributed by atoms with Crippen LogP contribution in [0.25, 0.3) is 22.3 Å². The summed E-state index contributed by atoms with van der Waals surface area (Å²) in [6.07, 6.45) is 1.68. The van der Waals surface area contributed by atoms with Gasteiger partial charge in [0.2, 0.25) is 0 Å². The molecule has 0 spiro atoms. The summed E-state index contributed by atoms with van der Waals surface area (Å²) in [5.41, 5.74) is 3.73. The predicted molar refractivity (Wildman–Crippen MR) is 120 cm³/mol. The number of hydrogen-bond donors (Lipinski definition) is 1. The first kappa shape index (κ1) is 20.8. The van der Waals surface area contributed by atoms with E-state index < -0.39 is 18.5 Å². The van der Waals surface area contributed by atoms with Crippen molar-refractivity contribution < 1.29 is 14.3 Å². The molecule has 6 nitrogen and oxygen atoms in total. The van der Waals surface area contributed by atoms with E-state index in [9.17, 15) is 9.59 Å². The molecule has 3 aromatic carbocycles. The molecular weight excluding hydrogens is 437 g/mol. The van der Waals surface area contributed by atoms with Gasteiger partial charge in [0, 0.05) is 16.3 Å². The number of ether oxygens (including phenoxy) is 1. The van der Waals surface area contributed by atoms with Gasteiger partial charge in [-0.3, -0.25) is 9.78 Å². The van der Waals surface area contributed by atoms with E-state index in [0.29, 0.717) is 16.4 Å². The van der Waals surface area contributed by atoms with Gasteiger partial charge in [0.1, 0.15) is 0 Å². The Kier molecular flexibility index (Phi) is 6.11. The number of anilines is 1. The van der Waals surface area contributed by atoms with Crippen LogP contribution in [0.2, 0.25) is 10.0 Å². The molecule has 0 aliphatic rings. The molecule has 0 aliphatic heterocycles. The van der Waals surface area contributed by atoms with Crippen LogP contribution in [0.4, 0.5) is 5.69 Å². The zero-order valence-corrected chi connectivity index (χ0v) is 17.5. The highest BCUT2D eigenvalue weighted by atomic mass is 35.5. The Morgan fingerprint density at radius 2 is 1.74 bits per heavy atom. The Morgan fingerprint density at radius 3 is 2.55 bits per heavy atom. The van der Waals surface area contributed by atoms with Crippen molar-refractivity contribution in [2.24, 2.45) is 0 Å². The van der Waals surface area contributed by atoms with Crippen molar-refractivity contribution in [2.75, 3.05) is 11.9 Å². The number of nitrogens with zero attached hydrogens (tertiary/aromatic N) is 2. The minimum Gasteiger partial charge on any atom is -0.452 e. The monoisotopic (exact) mass is 451 g/mol. The summed E-state index contributed by atoms with van der Waals surface area (Å²) in [5, 5.41) is 3.25. The standard InChI is InChI=1S/C23H15Cl2N3O3/c24-15-8-9-17(18(25)11-15)23(30)31-13-22(29)27-16-5-3-4-14(10-16)21-12-26-19-6-1-2-7-20(19)28-21/h1-12H,13H2,(H,27,29). The van der Waals surface area contributed by atoms with Crippen LogP contribution in [0.3, 0.4) is 0 Å². The maximum atomic E-state index is 12.2.